The molecule has 4 aliphatic rings. The topological polar surface area (TPSA) is 54.0 Å². The van der Waals surface area contributed by atoms with Crippen molar-refractivity contribution in [1.82, 2.24) is 0 Å². The number of allylic oxidation sites excluding steroid dienone is 4. The van der Waals surface area contributed by atoms with Crippen molar-refractivity contribution in [3.8, 4) is 0 Å². The van der Waals surface area contributed by atoms with Crippen LogP contribution in [0.2, 0.25) is 0 Å². The fourth-order valence-electron chi connectivity index (χ4n) is 4.76. The van der Waals surface area contributed by atoms with E-state index in [1.165, 1.54) is 0 Å². The van der Waals surface area contributed by atoms with Crippen LogP contribution in [0.5, 0.6) is 0 Å². The van der Waals surface area contributed by atoms with Gasteiger partial charge in [0.2, 0.25) is 0 Å². The van der Waals surface area contributed by atoms with E-state index in [2.05, 4.69) is 12.1 Å². The van der Waals surface area contributed by atoms with Gasteiger partial charge in [0, 0.05) is 11.5 Å². The number of carbonyl (C=O) groups excluding carboxylic acids is 1. The predicted molar refractivity (Wildman–Crippen MR) is 126 cm³/mol. The summed E-state index contributed by atoms with van der Waals surface area (Å²) in [5.74, 6) is -0.0738. The molecule has 2 aliphatic carbocycles. The van der Waals surface area contributed by atoms with Crippen LogP contribution in [0.4, 0.5) is 0 Å². The van der Waals surface area contributed by atoms with Gasteiger partial charge in [0.15, 0.2) is 5.78 Å². The summed E-state index contributed by atoms with van der Waals surface area (Å²) in [6, 6.07) is 6.03. The summed E-state index contributed by atoms with van der Waals surface area (Å²) in [5, 5.41) is 0. The molecule has 2 atom stereocenters. The van der Waals surface area contributed by atoms with Gasteiger partial charge in [-0.05, 0) is 71.9 Å². The minimum absolute atomic E-state index is 0.0380. The summed E-state index contributed by atoms with van der Waals surface area (Å²) >= 11 is 0. The average Bonchev–Trinajstić information content (AvgIpc) is 3.19. The molecule has 0 bridgehead atoms. The molecule has 168 valence electrons. The lowest BCUT2D eigenvalue weighted by Gasteiger charge is -2.32. The predicted octanol–water partition coefficient (Wildman–Crippen LogP) is 4.01. The minimum atomic E-state index is -0.480. The maximum Gasteiger partial charge on any atom is 0.494 e. The molecular formula is C25H32B2O5. The van der Waals surface area contributed by atoms with E-state index in [-0.39, 0.29) is 17.6 Å². The van der Waals surface area contributed by atoms with E-state index in [9.17, 15) is 4.79 Å². The number of rotatable bonds is 2. The summed E-state index contributed by atoms with van der Waals surface area (Å²) < 4.78 is 24.8. The van der Waals surface area contributed by atoms with Crippen molar-refractivity contribution in [2.75, 3.05) is 0 Å². The van der Waals surface area contributed by atoms with Crippen molar-refractivity contribution < 1.29 is 23.4 Å². The van der Waals surface area contributed by atoms with Crippen molar-refractivity contribution in [2.45, 2.75) is 83.7 Å². The summed E-state index contributed by atoms with van der Waals surface area (Å²) in [6.45, 7) is 16.3. The van der Waals surface area contributed by atoms with Crippen LogP contribution in [0.25, 0.3) is 0 Å². The number of hydrogen-bond acceptors (Lipinski definition) is 5. The first kappa shape index (κ1) is 22.1. The molecule has 0 aromatic heterocycles. The first-order chi connectivity index (χ1) is 14.7. The Morgan fingerprint density at radius 2 is 1.28 bits per heavy atom. The molecule has 2 fully saturated rings. The Labute approximate surface area is 191 Å². The first-order valence-corrected chi connectivity index (χ1v) is 11.5. The maximum absolute atomic E-state index is 13.4. The smallest absolute Gasteiger partial charge is 0.399 e. The normalized spacial score (nSPS) is 31.0. The van der Waals surface area contributed by atoms with Crippen LogP contribution in [0, 0.1) is 5.92 Å². The van der Waals surface area contributed by atoms with E-state index in [0.29, 0.717) is 0 Å². The van der Waals surface area contributed by atoms with Crippen LogP contribution in [0.3, 0.4) is 0 Å². The van der Waals surface area contributed by atoms with Gasteiger partial charge < -0.3 is 18.6 Å². The van der Waals surface area contributed by atoms with Gasteiger partial charge in [0.1, 0.15) is 0 Å². The van der Waals surface area contributed by atoms with Gasteiger partial charge in [-0.1, -0.05) is 36.4 Å². The van der Waals surface area contributed by atoms with E-state index in [1.807, 2.05) is 79.7 Å². The molecule has 2 aliphatic heterocycles. The molecule has 5 nitrogen and oxygen atoms in total. The average molecular weight is 434 g/mol. The molecule has 1 aromatic rings. The zero-order valence-corrected chi connectivity index (χ0v) is 20.3. The molecule has 0 amide bonds. The summed E-state index contributed by atoms with van der Waals surface area (Å²) in [5.41, 5.74) is 1.94. The Kier molecular flexibility index (Phi) is 4.63. The number of Topliss-reactive ketones (excluding diaryl/α,β-unsaturated/α-hetero) is 1. The van der Waals surface area contributed by atoms with Crippen molar-refractivity contribution in [2.24, 2.45) is 5.92 Å². The highest BCUT2D eigenvalue weighted by molar-refractivity contribution is 6.62. The van der Waals surface area contributed by atoms with Crippen LogP contribution in [-0.2, 0) is 18.6 Å². The van der Waals surface area contributed by atoms with Crippen molar-refractivity contribution in [3.63, 3.8) is 0 Å². The van der Waals surface area contributed by atoms with E-state index in [0.717, 1.165) is 22.1 Å². The van der Waals surface area contributed by atoms with Gasteiger partial charge in [-0.25, -0.2) is 0 Å². The number of benzene rings is 1. The third-order valence-corrected chi connectivity index (χ3v) is 8.31. The second kappa shape index (κ2) is 6.69. The summed E-state index contributed by atoms with van der Waals surface area (Å²) in [6.07, 6.45) is 6.20. The molecule has 2 saturated heterocycles. The molecule has 0 N–H and O–H groups in total. The molecular weight excluding hydrogens is 402 g/mol. The van der Waals surface area contributed by atoms with E-state index in [4.69, 9.17) is 18.6 Å². The third kappa shape index (κ3) is 3.12. The van der Waals surface area contributed by atoms with Gasteiger partial charge in [-0.15, -0.1) is 0 Å². The molecule has 7 heteroatoms. The van der Waals surface area contributed by atoms with Crippen molar-refractivity contribution in [3.05, 3.63) is 53.0 Å². The van der Waals surface area contributed by atoms with Crippen LogP contribution in [-0.4, -0.2) is 42.4 Å². The fourth-order valence-corrected chi connectivity index (χ4v) is 4.76. The zero-order chi connectivity index (χ0) is 23.3. The van der Waals surface area contributed by atoms with E-state index >= 15 is 0 Å². The SMILES string of the molecule is CC1(C)OB(C2=CC3C(=O)c4cc(B5OC(C)(C)C(C)(C)O5)ccc4C3C=C2)OC1(C)C. The summed E-state index contributed by atoms with van der Waals surface area (Å²) in [7, 11) is -0.943. The van der Waals surface area contributed by atoms with Crippen LogP contribution < -0.4 is 5.46 Å². The van der Waals surface area contributed by atoms with Crippen LogP contribution >= 0.6 is 0 Å². The second-order valence-corrected chi connectivity index (χ2v) is 11.5. The Bertz CT molecular complexity index is 1020. The Morgan fingerprint density at radius 3 is 1.84 bits per heavy atom. The van der Waals surface area contributed by atoms with Crippen molar-refractivity contribution in [1.29, 1.82) is 0 Å². The lowest BCUT2D eigenvalue weighted by Crippen LogP contribution is -2.41. The molecule has 0 spiro atoms. The molecule has 32 heavy (non-hydrogen) atoms. The highest BCUT2D eigenvalue weighted by atomic mass is 16.7. The molecule has 2 unspecified atom stereocenters. The Hall–Kier alpha value is -1.66. The number of fused-ring (bicyclic) bond motifs is 3. The van der Waals surface area contributed by atoms with Gasteiger partial charge in [-0.3, -0.25) is 4.79 Å². The molecule has 0 radical (unpaired) electrons. The minimum Gasteiger partial charge on any atom is -0.399 e. The Balaban J connectivity index is 1.41. The zero-order valence-electron chi connectivity index (χ0n) is 20.3. The van der Waals surface area contributed by atoms with E-state index < -0.39 is 36.6 Å². The largest absolute Gasteiger partial charge is 0.494 e. The van der Waals surface area contributed by atoms with Crippen LogP contribution in [0.15, 0.2) is 41.9 Å². The van der Waals surface area contributed by atoms with E-state index in [1.54, 1.807) is 0 Å². The molecule has 2 heterocycles. The molecule has 0 saturated carbocycles. The highest BCUT2D eigenvalue weighted by Crippen LogP contribution is 2.45. The highest BCUT2D eigenvalue weighted by Gasteiger charge is 2.54. The first-order valence-electron chi connectivity index (χ1n) is 11.5. The quantitative estimate of drug-likeness (QED) is 0.659. The lowest BCUT2D eigenvalue weighted by molar-refractivity contribution is 0.00578. The monoisotopic (exact) mass is 434 g/mol. The fraction of sp³-hybridized carbons (Fsp3) is 0.560. The maximum atomic E-state index is 13.4. The third-order valence-electron chi connectivity index (χ3n) is 8.31. The lowest BCUT2D eigenvalue weighted by atomic mass is 9.71. The second-order valence-electron chi connectivity index (χ2n) is 11.5. The molecule has 1 aromatic carbocycles. The number of ketones is 1. The molecule has 5 rings (SSSR count). The number of hydrogen-bond donors (Lipinski definition) is 0. The van der Waals surface area contributed by atoms with Crippen molar-refractivity contribution >= 4 is 25.5 Å². The summed E-state index contributed by atoms with van der Waals surface area (Å²) in [4.78, 5) is 13.4. The Morgan fingerprint density at radius 1 is 0.750 bits per heavy atom. The number of carbonyl (C=O) groups is 1. The van der Waals surface area contributed by atoms with Gasteiger partial charge in [0.05, 0.1) is 28.3 Å². The standard InChI is InChI=1S/C25H32B2O5/c1-22(2)23(3,4)30-26(29-22)15-9-11-17-18-12-10-16(14-20(18)21(28)19(17)13-15)27-31-24(5,6)25(7,8)32-27/h9-14,17,19H,1-8H3. The van der Waals surface area contributed by atoms with Gasteiger partial charge in [0.25, 0.3) is 0 Å². The van der Waals surface area contributed by atoms with Gasteiger partial charge in [-0.2, -0.15) is 0 Å². The van der Waals surface area contributed by atoms with Gasteiger partial charge >= 0.3 is 14.2 Å². The van der Waals surface area contributed by atoms with Crippen LogP contribution in [0.1, 0.15) is 77.2 Å².